The van der Waals surface area contributed by atoms with Gasteiger partial charge in [0.05, 0.1) is 4.92 Å². The van der Waals surface area contributed by atoms with Crippen molar-refractivity contribution < 1.29 is 24.0 Å². The summed E-state index contributed by atoms with van der Waals surface area (Å²) in [5.74, 6) is -1.19. The molecule has 0 radical (unpaired) electrons. The Balaban J connectivity index is 1.57. The quantitative estimate of drug-likeness (QED) is 0.535. The van der Waals surface area contributed by atoms with Crippen molar-refractivity contribution in [2.75, 3.05) is 13.1 Å². The molecule has 1 aliphatic rings. The van der Waals surface area contributed by atoms with E-state index in [1.807, 2.05) is 25.3 Å². The summed E-state index contributed by atoms with van der Waals surface area (Å²) in [6.07, 6.45) is 2.73. The minimum absolute atomic E-state index is 0.00640. The average Bonchev–Trinajstić information content (AvgIpc) is 3.26. The molecule has 11 heteroatoms. The zero-order chi connectivity index (χ0) is 24.2. The number of likely N-dealkylation sites (tertiary alicyclic amines) is 1. The second-order valence-electron chi connectivity index (χ2n) is 8.71. The second kappa shape index (κ2) is 9.72. The number of nitro groups is 1. The second-order valence-corrected chi connectivity index (χ2v) is 8.71. The van der Waals surface area contributed by atoms with Crippen molar-refractivity contribution in [2.24, 2.45) is 0 Å². The Bertz CT molecular complexity index is 1050. The number of benzene rings is 1. The summed E-state index contributed by atoms with van der Waals surface area (Å²) in [5, 5.41) is 10.9. The first kappa shape index (κ1) is 23.8. The summed E-state index contributed by atoms with van der Waals surface area (Å²) < 4.78 is 7.24. The van der Waals surface area contributed by atoms with Gasteiger partial charge in [-0.15, -0.1) is 0 Å². The largest absolute Gasteiger partial charge is 0.444 e. The lowest BCUT2D eigenvalue weighted by Gasteiger charge is -2.34. The Labute approximate surface area is 190 Å². The molecule has 3 rings (SSSR count). The molecule has 2 N–H and O–H groups in total. The van der Waals surface area contributed by atoms with Gasteiger partial charge in [0.2, 0.25) is 0 Å². The van der Waals surface area contributed by atoms with Gasteiger partial charge in [-0.25, -0.2) is 4.79 Å². The van der Waals surface area contributed by atoms with E-state index in [0.717, 1.165) is 6.07 Å². The normalized spacial score (nSPS) is 14.5. The highest BCUT2D eigenvalue weighted by Crippen LogP contribution is 2.25. The summed E-state index contributed by atoms with van der Waals surface area (Å²) in [7, 11) is 0. The molecule has 2 heterocycles. The maximum atomic E-state index is 12.7. The third kappa shape index (κ3) is 6.09. The number of nitro benzene ring substituents is 1. The Morgan fingerprint density at radius 2 is 1.73 bits per heavy atom. The van der Waals surface area contributed by atoms with Gasteiger partial charge in [0.15, 0.2) is 0 Å². The lowest BCUT2D eigenvalue weighted by atomic mass is 10.0. The van der Waals surface area contributed by atoms with Gasteiger partial charge in [-0.1, -0.05) is 6.07 Å². The summed E-state index contributed by atoms with van der Waals surface area (Å²) in [6.45, 7) is 6.46. The van der Waals surface area contributed by atoms with Gasteiger partial charge in [0.25, 0.3) is 17.5 Å². The number of piperidine rings is 1. The molecule has 0 aliphatic carbocycles. The van der Waals surface area contributed by atoms with Gasteiger partial charge in [-0.2, -0.15) is 0 Å². The van der Waals surface area contributed by atoms with Gasteiger partial charge in [-0.05, 0) is 51.8 Å². The van der Waals surface area contributed by atoms with Crippen molar-refractivity contribution in [3.8, 4) is 0 Å². The van der Waals surface area contributed by atoms with E-state index in [4.69, 9.17) is 4.74 Å². The van der Waals surface area contributed by atoms with Crippen molar-refractivity contribution in [3.63, 3.8) is 0 Å². The first-order valence-electron chi connectivity index (χ1n) is 10.5. The predicted molar refractivity (Wildman–Crippen MR) is 119 cm³/mol. The summed E-state index contributed by atoms with van der Waals surface area (Å²) in [4.78, 5) is 49.1. The zero-order valence-electron chi connectivity index (χ0n) is 18.7. The number of aromatic nitrogens is 1. The molecule has 1 saturated heterocycles. The van der Waals surface area contributed by atoms with E-state index in [9.17, 15) is 24.5 Å². The molecule has 176 valence electrons. The van der Waals surface area contributed by atoms with Gasteiger partial charge in [-0.3, -0.25) is 30.6 Å². The molecule has 1 aliphatic heterocycles. The highest BCUT2D eigenvalue weighted by Gasteiger charge is 2.28. The van der Waals surface area contributed by atoms with Crippen LogP contribution in [0, 0.1) is 10.1 Å². The standard InChI is InChI=1S/C22H27N5O6/c1-22(2,3)33-21(30)25-12-9-16(10-13-25)26-11-5-8-18(26)20(29)24-23-19(28)15-6-4-7-17(14-15)27(31)32/h4-8,11,14,16H,9-10,12-13H2,1-3H3,(H,23,28)(H,24,29). The highest BCUT2D eigenvalue weighted by atomic mass is 16.6. The molecule has 11 nitrogen and oxygen atoms in total. The van der Waals surface area contributed by atoms with Gasteiger partial charge < -0.3 is 14.2 Å². The van der Waals surface area contributed by atoms with Crippen LogP contribution in [0.1, 0.15) is 60.5 Å². The minimum atomic E-state index is -0.671. The predicted octanol–water partition coefficient (Wildman–Crippen LogP) is 3.04. The van der Waals surface area contributed by atoms with Crippen LogP contribution in [-0.4, -0.2) is 51.0 Å². The van der Waals surface area contributed by atoms with Crippen LogP contribution in [0.4, 0.5) is 10.5 Å². The molecule has 0 spiro atoms. The number of amides is 3. The van der Waals surface area contributed by atoms with Crippen molar-refractivity contribution in [1.82, 2.24) is 20.3 Å². The Morgan fingerprint density at radius 1 is 1.06 bits per heavy atom. The smallest absolute Gasteiger partial charge is 0.410 e. The minimum Gasteiger partial charge on any atom is -0.444 e. The molecule has 0 saturated carbocycles. The number of rotatable bonds is 4. The van der Waals surface area contributed by atoms with Crippen LogP contribution in [0.3, 0.4) is 0 Å². The molecular formula is C22H27N5O6. The van der Waals surface area contributed by atoms with Gasteiger partial charge in [0, 0.05) is 43.0 Å². The number of carbonyl (C=O) groups excluding carboxylic acids is 3. The molecule has 3 amide bonds. The van der Waals surface area contributed by atoms with Gasteiger partial charge >= 0.3 is 6.09 Å². The molecule has 0 bridgehead atoms. The van der Waals surface area contributed by atoms with E-state index >= 15 is 0 Å². The zero-order valence-corrected chi connectivity index (χ0v) is 18.7. The number of ether oxygens (including phenoxy) is 1. The van der Waals surface area contributed by atoms with Crippen LogP contribution in [0.5, 0.6) is 0 Å². The van der Waals surface area contributed by atoms with E-state index < -0.39 is 22.3 Å². The third-order valence-electron chi connectivity index (χ3n) is 5.13. The fourth-order valence-electron chi connectivity index (χ4n) is 3.57. The number of hydrogen-bond acceptors (Lipinski definition) is 6. The van der Waals surface area contributed by atoms with Crippen LogP contribution >= 0.6 is 0 Å². The molecule has 0 atom stereocenters. The maximum absolute atomic E-state index is 12.7. The number of nitrogens with one attached hydrogen (secondary N) is 2. The fourth-order valence-corrected chi connectivity index (χ4v) is 3.57. The number of nitrogens with zero attached hydrogens (tertiary/aromatic N) is 3. The van der Waals surface area contributed by atoms with E-state index in [1.54, 1.807) is 23.2 Å². The van der Waals surface area contributed by atoms with E-state index in [-0.39, 0.29) is 23.4 Å². The number of non-ortho nitro benzene ring substituents is 1. The fraction of sp³-hybridized carbons (Fsp3) is 0.409. The maximum Gasteiger partial charge on any atom is 0.410 e. The molecule has 0 unspecified atom stereocenters. The Morgan fingerprint density at radius 3 is 2.36 bits per heavy atom. The van der Waals surface area contributed by atoms with E-state index in [1.165, 1.54) is 18.2 Å². The van der Waals surface area contributed by atoms with Crippen molar-refractivity contribution in [2.45, 2.75) is 45.3 Å². The van der Waals surface area contributed by atoms with E-state index in [2.05, 4.69) is 10.9 Å². The molecule has 1 fully saturated rings. The third-order valence-corrected chi connectivity index (χ3v) is 5.13. The average molecular weight is 457 g/mol. The summed E-state index contributed by atoms with van der Waals surface area (Å²) >= 11 is 0. The molecule has 1 aromatic carbocycles. The van der Waals surface area contributed by atoms with Crippen LogP contribution in [-0.2, 0) is 4.74 Å². The van der Waals surface area contributed by atoms with Crippen LogP contribution < -0.4 is 10.9 Å². The molecule has 2 aromatic rings. The molecular weight excluding hydrogens is 430 g/mol. The van der Waals surface area contributed by atoms with E-state index in [0.29, 0.717) is 31.6 Å². The first-order valence-corrected chi connectivity index (χ1v) is 10.5. The Kier molecular flexibility index (Phi) is 7.00. The van der Waals surface area contributed by atoms with Crippen molar-refractivity contribution >= 4 is 23.6 Å². The monoisotopic (exact) mass is 457 g/mol. The lowest BCUT2D eigenvalue weighted by molar-refractivity contribution is -0.384. The summed E-state index contributed by atoms with van der Waals surface area (Å²) in [5.41, 5.74) is 4.25. The van der Waals surface area contributed by atoms with Crippen molar-refractivity contribution in [1.29, 1.82) is 0 Å². The van der Waals surface area contributed by atoms with Crippen LogP contribution in [0.2, 0.25) is 0 Å². The number of hydrogen-bond donors (Lipinski definition) is 2. The number of hydrazine groups is 1. The highest BCUT2D eigenvalue weighted by molar-refractivity contribution is 5.98. The summed E-state index contributed by atoms with van der Waals surface area (Å²) in [6, 6.07) is 8.58. The molecule has 33 heavy (non-hydrogen) atoms. The first-order chi connectivity index (χ1) is 15.5. The van der Waals surface area contributed by atoms with Crippen molar-refractivity contribution in [3.05, 3.63) is 64.0 Å². The number of carbonyl (C=O) groups is 3. The lowest BCUT2D eigenvalue weighted by Crippen LogP contribution is -2.44. The SMILES string of the molecule is CC(C)(C)OC(=O)N1CCC(n2cccc2C(=O)NNC(=O)c2cccc([N+](=O)[O-])c2)CC1. The van der Waals surface area contributed by atoms with Crippen LogP contribution in [0.25, 0.3) is 0 Å². The molecule has 1 aromatic heterocycles. The topological polar surface area (TPSA) is 136 Å². The van der Waals surface area contributed by atoms with Crippen LogP contribution in [0.15, 0.2) is 42.6 Å². The van der Waals surface area contributed by atoms with Gasteiger partial charge in [0.1, 0.15) is 11.3 Å². The Hall–Kier alpha value is -3.89.